The van der Waals surface area contributed by atoms with Crippen molar-refractivity contribution >= 4 is 0 Å². The highest BCUT2D eigenvalue weighted by Crippen LogP contribution is 2.53. The molecule has 4 saturated carbocycles. The predicted octanol–water partition coefficient (Wildman–Crippen LogP) is 3.13. The molecule has 2 heteroatoms. The first-order valence-electron chi connectivity index (χ1n) is 8.26. The molecule has 0 aromatic heterocycles. The maximum atomic E-state index is 10.3. The van der Waals surface area contributed by atoms with Crippen molar-refractivity contribution in [1.82, 2.24) is 5.32 Å². The summed E-state index contributed by atoms with van der Waals surface area (Å²) in [6.07, 6.45) is 6.89. The molecule has 1 unspecified atom stereocenters. The van der Waals surface area contributed by atoms with Crippen molar-refractivity contribution in [2.24, 2.45) is 23.7 Å². The summed E-state index contributed by atoms with van der Waals surface area (Å²) in [6, 6.07) is 10.7. The fourth-order valence-corrected chi connectivity index (χ4v) is 5.30. The smallest absolute Gasteiger partial charge is 0.0914 e. The highest BCUT2D eigenvalue weighted by atomic mass is 16.3. The van der Waals surface area contributed by atoms with Gasteiger partial charge in [0.05, 0.1) is 6.10 Å². The Hall–Kier alpha value is -0.860. The normalized spacial score (nSPS) is 40.0. The van der Waals surface area contributed by atoms with E-state index >= 15 is 0 Å². The second-order valence-corrected chi connectivity index (χ2v) is 7.29. The molecule has 20 heavy (non-hydrogen) atoms. The Kier molecular flexibility index (Phi) is 3.31. The Labute approximate surface area is 121 Å². The Balaban J connectivity index is 1.38. The predicted molar refractivity (Wildman–Crippen MR) is 80.2 cm³/mol. The van der Waals surface area contributed by atoms with Gasteiger partial charge < -0.3 is 10.4 Å². The van der Waals surface area contributed by atoms with Gasteiger partial charge in [0.1, 0.15) is 0 Å². The average Bonchev–Trinajstić information content (AvgIpc) is 2.46. The second kappa shape index (κ2) is 5.16. The third-order valence-corrected chi connectivity index (χ3v) is 5.96. The van der Waals surface area contributed by atoms with Gasteiger partial charge in [0.15, 0.2) is 0 Å². The largest absolute Gasteiger partial charge is 0.387 e. The van der Waals surface area contributed by atoms with E-state index in [9.17, 15) is 5.11 Å². The lowest BCUT2D eigenvalue weighted by atomic mass is 9.54. The molecule has 0 saturated heterocycles. The SMILES string of the molecule is OC(CNC1C2CC3CC(C2)CC1C3)c1ccccc1. The van der Waals surface area contributed by atoms with Crippen molar-refractivity contribution in [3.63, 3.8) is 0 Å². The molecule has 0 amide bonds. The summed E-state index contributed by atoms with van der Waals surface area (Å²) in [5.74, 6) is 3.81. The van der Waals surface area contributed by atoms with E-state index in [0.717, 1.165) is 29.2 Å². The fraction of sp³-hybridized carbons (Fsp3) is 0.667. The van der Waals surface area contributed by atoms with E-state index < -0.39 is 0 Å². The van der Waals surface area contributed by atoms with Crippen LogP contribution in [0.25, 0.3) is 0 Å². The van der Waals surface area contributed by atoms with Crippen LogP contribution in [0.2, 0.25) is 0 Å². The quantitative estimate of drug-likeness (QED) is 0.882. The number of aliphatic hydroxyl groups excluding tert-OH is 1. The highest BCUT2D eigenvalue weighted by molar-refractivity contribution is 5.17. The van der Waals surface area contributed by atoms with E-state index in [2.05, 4.69) is 5.32 Å². The van der Waals surface area contributed by atoms with Crippen LogP contribution in [0.4, 0.5) is 0 Å². The minimum Gasteiger partial charge on any atom is -0.387 e. The van der Waals surface area contributed by atoms with Gasteiger partial charge in [0.25, 0.3) is 0 Å². The number of hydrogen-bond acceptors (Lipinski definition) is 2. The van der Waals surface area contributed by atoms with E-state index in [0.29, 0.717) is 12.6 Å². The lowest BCUT2D eigenvalue weighted by Crippen LogP contribution is -2.55. The number of aliphatic hydroxyl groups is 1. The van der Waals surface area contributed by atoms with E-state index in [-0.39, 0.29) is 6.10 Å². The molecule has 0 aliphatic heterocycles. The summed E-state index contributed by atoms with van der Waals surface area (Å²) in [5, 5.41) is 14.0. The summed E-state index contributed by atoms with van der Waals surface area (Å²) >= 11 is 0. The third-order valence-electron chi connectivity index (χ3n) is 5.96. The Bertz CT molecular complexity index is 430. The van der Waals surface area contributed by atoms with Gasteiger partial charge in [-0.3, -0.25) is 0 Å². The van der Waals surface area contributed by atoms with Crippen LogP contribution in [0.5, 0.6) is 0 Å². The standard InChI is InChI=1S/C18H25NO/c20-17(14-4-2-1-3-5-14)11-19-18-15-7-12-6-13(9-15)10-16(18)8-12/h1-5,12-13,15-20H,6-11H2. The van der Waals surface area contributed by atoms with Crippen LogP contribution in [0.1, 0.15) is 43.8 Å². The van der Waals surface area contributed by atoms with Gasteiger partial charge in [0.2, 0.25) is 0 Å². The van der Waals surface area contributed by atoms with Gasteiger partial charge in [-0.25, -0.2) is 0 Å². The van der Waals surface area contributed by atoms with Crippen LogP contribution in [0.3, 0.4) is 0 Å². The monoisotopic (exact) mass is 271 g/mol. The zero-order valence-corrected chi connectivity index (χ0v) is 12.0. The van der Waals surface area contributed by atoms with Crippen LogP contribution >= 0.6 is 0 Å². The molecule has 1 atom stereocenters. The van der Waals surface area contributed by atoms with Crippen molar-refractivity contribution in [2.45, 2.75) is 44.2 Å². The maximum absolute atomic E-state index is 10.3. The molecule has 2 nitrogen and oxygen atoms in total. The van der Waals surface area contributed by atoms with E-state index in [4.69, 9.17) is 0 Å². The number of rotatable bonds is 4. The van der Waals surface area contributed by atoms with Crippen molar-refractivity contribution in [3.05, 3.63) is 35.9 Å². The van der Waals surface area contributed by atoms with Crippen molar-refractivity contribution in [1.29, 1.82) is 0 Å². The molecule has 1 aromatic carbocycles. The second-order valence-electron chi connectivity index (χ2n) is 7.29. The van der Waals surface area contributed by atoms with E-state index in [1.54, 1.807) is 0 Å². The first-order valence-corrected chi connectivity index (χ1v) is 8.26. The molecule has 108 valence electrons. The molecule has 4 fully saturated rings. The highest BCUT2D eigenvalue weighted by Gasteiger charge is 2.47. The summed E-state index contributed by atoms with van der Waals surface area (Å²) in [7, 11) is 0. The van der Waals surface area contributed by atoms with Gasteiger partial charge in [-0.2, -0.15) is 0 Å². The topological polar surface area (TPSA) is 32.3 Å². The van der Waals surface area contributed by atoms with Crippen molar-refractivity contribution < 1.29 is 5.11 Å². The van der Waals surface area contributed by atoms with Crippen molar-refractivity contribution in [2.75, 3.05) is 6.54 Å². The molecule has 4 bridgehead atoms. The van der Waals surface area contributed by atoms with Gasteiger partial charge in [-0.1, -0.05) is 30.3 Å². The summed E-state index contributed by atoms with van der Waals surface area (Å²) in [6.45, 7) is 0.705. The molecule has 0 heterocycles. The van der Waals surface area contributed by atoms with Gasteiger partial charge >= 0.3 is 0 Å². The third kappa shape index (κ3) is 2.29. The van der Waals surface area contributed by atoms with Gasteiger partial charge in [0, 0.05) is 12.6 Å². The van der Waals surface area contributed by atoms with Crippen LogP contribution in [0.15, 0.2) is 30.3 Å². The number of benzene rings is 1. The number of nitrogens with one attached hydrogen (secondary N) is 1. The van der Waals surface area contributed by atoms with Crippen LogP contribution in [-0.4, -0.2) is 17.7 Å². The minimum absolute atomic E-state index is 0.367. The Morgan fingerprint density at radius 1 is 0.950 bits per heavy atom. The minimum atomic E-state index is -0.367. The number of hydrogen-bond donors (Lipinski definition) is 2. The summed E-state index contributed by atoms with van der Waals surface area (Å²) < 4.78 is 0. The molecule has 0 radical (unpaired) electrons. The van der Waals surface area contributed by atoms with Gasteiger partial charge in [-0.15, -0.1) is 0 Å². The molecule has 4 aliphatic rings. The fourth-order valence-electron chi connectivity index (χ4n) is 5.30. The first-order chi connectivity index (χ1) is 9.79. The molecule has 2 N–H and O–H groups in total. The van der Waals surface area contributed by atoms with E-state index in [1.807, 2.05) is 30.3 Å². The first kappa shape index (κ1) is 12.8. The molecule has 5 rings (SSSR count). The lowest BCUT2D eigenvalue weighted by Gasteiger charge is -2.54. The van der Waals surface area contributed by atoms with Crippen LogP contribution in [0, 0.1) is 23.7 Å². The summed E-state index contributed by atoms with van der Waals surface area (Å²) in [5.41, 5.74) is 1.03. The van der Waals surface area contributed by atoms with E-state index in [1.165, 1.54) is 32.1 Å². The molecule has 4 aliphatic carbocycles. The Morgan fingerprint density at radius 2 is 1.55 bits per heavy atom. The molecular formula is C18H25NO. The molecule has 0 spiro atoms. The van der Waals surface area contributed by atoms with Crippen molar-refractivity contribution in [3.8, 4) is 0 Å². The Morgan fingerprint density at radius 3 is 2.15 bits per heavy atom. The average molecular weight is 271 g/mol. The molecular weight excluding hydrogens is 246 g/mol. The lowest BCUT2D eigenvalue weighted by molar-refractivity contribution is -0.0173. The maximum Gasteiger partial charge on any atom is 0.0914 e. The molecule has 1 aromatic rings. The zero-order valence-electron chi connectivity index (χ0n) is 12.0. The van der Waals surface area contributed by atoms with Gasteiger partial charge in [-0.05, 0) is 61.3 Å². The summed E-state index contributed by atoms with van der Waals surface area (Å²) in [4.78, 5) is 0. The zero-order chi connectivity index (χ0) is 13.5. The van der Waals surface area contributed by atoms with Crippen LogP contribution in [-0.2, 0) is 0 Å². The van der Waals surface area contributed by atoms with Crippen LogP contribution < -0.4 is 5.32 Å².